The highest BCUT2D eigenvalue weighted by atomic mass is 79.9. The summed E-state index contributed by atoms with van der Waals surface area (Å²) < 4.78 is 4.50. The van der Waals surface area contributed by atoms with Crippen molar-refractivity contribution in [3.8, 4) is 22.3 Å². The number of aromatic nitrogens is 2. The molecule has 0 saturated heterocycles. The molecule has 7 aromatic rings. The summed E-state index contributed by atoms with van der Waals surface area (Å²) >= 11 is 7.08. The molecule has 0 amide bonds. The smallest absolute Gasteiger partial charge is 0.173 e. The van der Waals surface area contributed by atoms with Gasteiger partial charge in [0.1, 0.15) is 0 Å². The van der Waals surface area contributed by atoms with E-state index in [1.165, 1.54) is 66.1 Å². The summed E-state index contributed by atoms with van der Waals surface area (Å²) in [4.78, 5) is 0. The van der Waals surface area contributed by atoms with Crippen LogP contribution in [0.4, 0.5) is 0 Å². The fourth-order valence-corrected chi connectivity index (χ4v) is 6.85. The number of hydrogen-bond donors (Lipinski definition) is 0. The molecule has 0 N–H and O–H groups in total. The van der Waals surface area contributed by atoms with Crippen molar-refractivity contribution in [2.24, 2.45) is 0 Å². The van der Waals surface area contributed by atoms with Gasteiger partial charge in [-0.3, -0.25) is 0 Å². The first kappa shape index (κ1) is 28.6. The second-order valence-electron chi connectivity index (χ2n) is 11.3. The van der Waals surface area contributed by atoms with Crippen molar-refractivity contribution in [2.45, 2.75) is 23.7 Å². The van der Waals surface area contributed by atoms with Gasteiger partial charge in [-0.2, -0.15) is 0 Å². The summed E-state index contributed by atoms with van der Waals surface area (Å²) in [6.45, 7) is 1.69. The number of hydrogen-bond acceptors (Lipinski definition) is 0. The molecule has 44 heavy (non-hydrogen) atoms. The molecule has 0 unspecified atom stereocenters. The first-order chi connectivity index (χ1) is 21.7. The minimum absolute atomic E-state index is 0.847. The first-order valence-electron chi connectivity index (χ1n) is 14.9. The van der Waals surface area contributed by atoms with Crippen molar-refractivity contribution in [1.29, 1.82) is 0 Å². The number of rotatable bonds is 8. The van der Waals surface area contributed by atoms with Gasteiger partial charge >= 0.3 is 0 Å². The van der Waals surface area contributed by atoms with Gasteiger partial charge in [0.2, 0.25) is 0 Å². The Labute approximate surface area is 275 Å². The molecule has 0 radical (unpaired) electrons. The minimum Gasteiger partial charge on any atom is -0.201 e. The lowest BCUT2D eigenvalue weighted by Gasteiger charge is -2.17. The van der Waals surface area contributed by atoms with Gasteiger partial charge in [0.15, 0.2) is 37.9 Å². The van der Waals surface area contributed by atoms with Crippen molar-refractivity contribution in [3.63, 3.8) is 0 Å². The van der Waals surface area contributed by atoms with E-state index in [-0.39, 0.29) is 0 Å². The molecule has 0 fully saturated rings. The molecule has 0 spiro atoms. The zero-order valence-electron chi connectivity index (χ0n) is 24.3. The van der Waals surface area contributed by atoms with E-state index in [1.807, 2.05) is 0 Å². The molecule has 4 heteroatoms. The summed E-state index contributed by atoms with van der Waals surface area (Å²) in [6, 6.07) is 44.4. The lowest BCUT2D eigenvalue weighted by atomic mass is 9.86. The standard InChI is InChI=1S/C40H32Br2N2/c41-25-29-9-13-31(14-10-29)27-43-21-17-33(18-22-43)39-35-5-1-2-6-36(35)40(38-8-4-3-7-37(38)39)34-19-23-44(24-20-34)28-32-15-11-30(26-42)12-16-32/h1-24H,25-28H2/q+2. The third kappa shape index (κ3) is 5.85. The van der Waals surface area contributed by atoms with Crippen LogP contribution >= 0.6 is 31.9 Å². The molecule has 0 atom stereocenters. The Bertz CT molecular complexity index is 1840. The maximum atomic E-state index is 3.54. The zero-order chi connectivity index (χ0) is 29.9. The van der Waals surface area contributed by atoms with Crippen LogP contribution in [0.3, 0.4) is 0 Å². The molecule has 0 aliphatic carbocycles. The number of pyridine rings is 2. The fraction of sp³-hybridized carbons (Fsp3) is 0.100. The van der Waals surface area contributed by atoms with Crippen LogP contribution in [0, 0.1) is 0 Å². The highest BCUT2D eigenvalue weighted by molar-refractivity contribution is 9.08. The van der Waals surface area contributed by atoms with E-state index < -0.39 is 0 Å². The van der Waals surface area contributed by atoms with E-state index in [2.05, 4.69) is 187 Å². The molecule has 0 bridgehead atoms. The average molecular weight is 701 g/mol. The second-order valence-corrected chi connectivity index (χ2v) is 12.4. The van der Waals surface area contributed by atoms with Gasteiger partial charge in [-0.1, -0.05) is 129 Å². The zero-order valence-corrected chi connectivity index (χ0v) is 27.5. The molecule has 0 aliphatic rings. The van der Waals surface area contributed by atoms with Crippen molar-refractivity contribution >= 4 is 53.4 Å². The van der Waals surface area contributed by atoms with E-state index in [9.17, 15) is 0 Å². The van der Waals surface area contributed by atoms with E-state index >= 15 is 0 Å². The molecular weight excluding hydrogens is 668 g/mol. The largest absolute Gasteiger partial charge is 0.201 e. The minimum atomic E-state index is 0.847. The summed E-state index contributed by atoms with van der Waals surface area (Å²) in [5.41, 5.74) is 10.2. The van der Waals surface area contributed by atoms with Crippen LogP contribution in [-0.4, -0.2) is 0 Å². The second kappa shape index (κ2) is 12.9. The van der Waals surface area contributed by atoms with Gasteiger partial charge < -0.3 is 0 Å². The molecule has 0 aliphatic heterocycles. The van der Waals surface area contributed by atoms with Gasteiger partial charge in [-0.05, 0) is 54.9 Å². The van der Waals surface area contributed by atoms with Crippen LogP contribution in [0.25, 0.3) is 43.8 Å². The predicted molar refractivity (Wildman–Crippen MR) is 189 cm³/mol. The molecule has 0 saturated carbocycles. The van der Waals surface area contributed by atoms with Gasteiger partial charge in [-0.15, -0.1) is 0 Å². The SMILES string of the molecule is BrCc1ccc(C[n+]2ccc(-c3c4ccccc4c(-c4cc[n+](Cc5ccc(CBr)cc5)cc4)c4ccccc34)cc2)cc1. The Balaban J connectivity index is 1.26. The summed E-state index contributed by atoms with van der Waals surface area (Å²) in [6.07, 6.45) is 8.81. The van der Waals surface area contributed by atoms with Crippen molar-refractivity contribution in [2.75, 3.05) is 0 Å². The Morgan fingerprint density at radius 2 is 0.659 bits per heavy atom. The predicted octanol–water partition coefficient (Wildman–Crippen LogP) is 9.79. The summed E-state index contributed by atoms with van der Waals surface area (Å²) in [5, 5.41) is 6.85. The highest BCUT2D eigenvalue weighted by Gasteiger charge is 2.18. The summed E-state index contributed by atoms with van der Waals surface area (Å²) in [5.74, 6) is 0. The normalized spacial score (nSPS) is 11.3. The van der Waals surface area contributed by atoms with E-state index in [0.29, 0.717) is 0 Å². The maximum absolute atomic E-state index is 3.54. The Morgan fingerprint density at radius 3 is 0.955 bits per heavy atom. The molecule has 5 aromatic carbocycles. The van der Waals surface area contributed by atoms with Crippen molar-refractivity contribution in [3.05, 3.63) is 168 Å². The number of alkyl halides is 2. The Kier molecular flexibility index (Phi) is 8.37. The number of benzene rings is 5. The molecule has 214 valence electrons. The van der Waals surface area contributed by atoms with Crippen LogP contribution in [0.5, 0.6) is 0 Å². The van der Waals surface area contributed by atoms with Crippen LogP contribution in [0.15, 0.2) is 146 Å². The molecule has 2 aromatic heterocycles. The van der Waals surface area contributed by atoms with Crippen LogP contribution in [0.2, 0.25) is 0 Å². The van der Waals surface area contributed by atoms with E-state index in [4.69, 9.17) is 0 Å². The van der Waals surface area contributed by atoms with E-state index in [0.717, 1.165) is 23.7 Å². The molecule has 7 rings (SSSR count). The van der Waals surface area contributed by atoms with Crippen LogP contribution in [-0.2, 0) is 23.7 Å². The van der Waals surface area contributed by atoms with Crippen molar-refractivity contribution < 1.29 is 9.13 Å². The number of nitrogens with zero attached hydrogens (tertiary/aromatic N) is 2. The first-order valence-corrected chi connectivity index (χ1v) is 17.1. The topological polar surface area (TPSA) is 7.76 Å². The quantitative estimate of drug-likeness (QED) is 0.0848. The Morgan fingerprint density at radius 1 is 0.364 bits per heavy atom. The lowest BCUT2D eigenvalue weighted by Crippen LogP contribution is -2.33. The number of halogens is 2. The average Bonchev–Trinajstić information content (AvgIpc) is 3.09. The fourth-order valence-electron chi connectivity index (χ4n) is 6.10. The van der Waals surface area contributed by atoms with Crippen LogP contribution in [0.1, 0.15) is 22.3 Å². The Hall–Kier alpha value is -4.12. The number of fused-ring (bicyclic) bond motifs is 2. The van der Waals surface area contributed by atoms with Gasteiger partial charge in [-0.25, -0.2) is 9.13 Å². The van der Waals surface area contributed by atoms with Gasteiger partial charge in [0.25, 0.3) is 0 Å². The molecule has 2 heterocycles. The van der Waals surface area contributed by atoms with E-state index in [1.54, 1.807) is 0 Å². The molecular formula is C40H32Br2N2+2. The van der Waals surface area contributed by atoms with Crippen LogP contribution < -0.4 is 9.13 Å². The lowest BCUT2D eigenvalue weighted by molar-refractivity contribution is -0.688. The maximum Gasteiger partial charge on any atom is 0.173 e. The molecule has 2 nitrogen and oxygen atoms in total. The van der Waals surface area contributed by atoms with Gasteiger partial charge in [0.05, 0.1) is 0 Å². The third-order valence-electron chi connectivity index (χ3n) is 8.38. The highest BCUT2D eigenvalue weighted by Crippen LogP contribution is 2.43. The summed E-state index contributed by atoms with van der Waals surface area (Å²) in [7, 11) is 0. The van der Waals surface area contributed by atoms with Crippen molar-refractivity contribution in [1.82, 2.24) is 0 Å². The third-order valence-corrected chi connectivity index (χ3v) is 9.67. The van der Waals surface area contributed by atoms with Gasteiger partial charge in [0, 0.05) is 46.1 Å². The monoisotopic (exact) mass is 698 g/mol.